The molecular weight excluding hydrogens is 116 g/mol. The lowest BCUT2D eigenvalue weighted by atomic mass is 10.3. The first-order valence-corrected chi connectivity index (χ1v) is 2.67. The molecule has 0 N–H and O–H groups in total. The van der Waals surface area contributed by atoms with Crippen molar-refractivity contribution in [2.24, 2.45) is 0 Å². The Hall–Kier alpha value is -1.05. The van der Waals surface area contributed by atoms with E-state index in [0.717, 1.165) is 5.57 Å². The van der Waals surface area contributed by atoms with Crippen LogP contribution in [-0.4, -0.2) is 13.1 Å². The van der Waals surface area contributed by atoms with Crippen LogP contribution >= 0.6 is 0 Å². The Bertz CT molecular complexity index is 125. The highest BCUT2D eigenvalue weighted by molar-refractivity contribution is 5.38. The van der Waals surface area contributed by atoms with E-state index in [2.05, 4.69) is 11.3 Å². The molecule has 0 rings (SSSR count). The molecule has 0 aliphatic carbocycles. The van der Waals surface area contributed by atoms with E-state index >= 15 is 0 Å². The Labute approximate surface area is 54.8 Å². The fraction of sp³-hybridized carbons (Fsp3) is 0.286. The highest BCUT2D eigenvalue weighted by atomic mass is 16.5. The van der Waals surface area contributed by atoms with Crippen LogP contribution in [-0.2, 0) is 9.53 Å². The molecule has 0 saturated heterocycles. The van der Waals surface area contributed by atoms with Crippen LogP contribution in [0.15, 0.2) is 24.3 Å². The molecule has 0 aliphatic rings. The third-order valence-corrected chi connectivity index (χ3v) is 0.739. The lowest BCUT2D eigenvalue weighted by Gasteiger charge is -1.94. The van der Waals surface area contributed by atoms with Crippen LogP contribution in [0.4, 0.5) is 0 Å². The van der Waals surface area contributed by atoms with Crippen LogP contribution in [0, 0.1) is 0 Å². The number of allylic oxidation sites excluding steroid dienone is 1. The van der Waals surface area contributed by atoms with E-state index in [1.165, 1.54) is 0 Å². The number of carbonyl (C=O) groups is 1. The number of hydrogen-bond acceptors (Lipinski definition) is 2. The maximum atomic E-state index is 9.63. The third-order valence-electron chi connectivity index (χ3n) is 0.739. The van der Waals surface area contributed by atoms with Gasteiger partial charge < -0.3 is 4.74 Å². The first kappa shape index (κ1) is 7.95. The number of carbonyl (C=O) groups excluding carboxylic acids is 1. The summed E-state index contributed by atoms with van der Waals surface area (Å²) in [4.78, 5) is 9.63. The molecule has 0 unspecified atom stereocenters. The van der Waals surface area contributed by atoms with Gasteiger partial charge in [-0.25, -0.2) is 0 Å². The van der Waals surface area contributed by atoms with Gasteiger partial charge in [0.25, 0.3) is 6.47 Å². The van der Waals surface area contributed by atoms with Crippen molar-refractivity contribution in [1.29, 1.82) is 0 Å². The smallest absolute Gasteiger partial charge is 0.293 e. The summed E-state index contributed by atoms with van der Waals surface area (Å²) in [7, 11) is 0. The van der Waals surface area contributed by atoms with E-state index in [1.807, 2.05) is 13.0 Å². The fourth-order valence-electron chi connectivity index (χ4n) is 0.425. The van der Waals surface area contributed by atoms with Gasteiger partial charge in [0.1, 0.15) is 6.61 Å². The number of hydrogen-bond donors (Lipinski definition) is 0. The fourth-order valence-corrected chi connectivity index (χ4v) is 0.425. The zero-order valence-electron chi connectivity index (χ0n) is 5.46. The average molecular weight is 126 g/mol. The summed E-state index contributed by atoms with van der Waals surface area (Å²) in [6, 6.07) is 0. The summed E-state index contributed by atoms with van der Waals surface area (Å²) in [5, 5.41) is 0. The zero-order valence-corrected chi connectivity index (χ0v) is 5.46. The van der Waals surface area contributed by atoms with Crippen LogP contribution in [0.25, 0.3) is 0 Å². The van der Waals surface area contributed by atoms with Gasteiger partial charge in [0.2, 0.25) is 0 Å². The van der Waals surface area contributed by atoms with E-state index < -0.39 is 0 Å². The number of rotatable bonds is 4. The Balaban J connectivity index is 3.38. The first-order valence-electron chi connectivity index (χ1n) is 2.67. The summed E-state index contributed by atoms with van der Waals surface area (Å²) in [5.41, 5.74) is 0.796. The van der Waals surface area contributed by atoms with Gasteiger partial charge in [-0.1, -0.05) is 18.7 Å². The molecule has 0 atom stereocenters. The molecule has 0 heterocycles. The van der Waals surface area contributed by atoms with E-state index in [0.29, 0.717) is 6.47 Å². The quantitative estimate of drug-likeness (QED) is 0.419. The standard InChI is InChI=1S/C7H10O2/c1-3-4-7(2)5-9-6-8/h3-4,6H,2,5H2,1H3/b4-3-. The van der Waals surface area contributed by atoms with Crippen molar-refractivity contribution >= 4 is 6.47 Å². The minimum absolute atomic E-state index is 0.286. The van der Waals surface area contributed by atoms with E-state index in [-0.39, 0.29) is 6.61 Å². The summed E-state index contributed by atoms with van der Waals surface area (Å²) >= 11 is 0. The maximum Gasteiger partial charge on any atom is 0.293 e. The van der Waals surface area contributed by atoms with Gasteiger partial charge in [0, 0.05) is 0 Å². The minimum atomic E-state index is 0.286. The van der Waals surface area contributed by atoms with Gasteiger partial charge in [0.15, 0.2) is 0 Å². The lowest BCUT2D eigenvalue weighted by Crippen LogP contribution is -1.91. The zero-order chi connectivity index (χ0) is 7.11. The molecule has 0 bridgehead atoms. The largest absolute Gasteiger partial charge is 0.463 e. The Morgan fingerprint density at radius 1 is 1.78 bits per heavy atom. The van der Waals surface area contributed by atoms with Gasteiger partial charge in [-0.3, -0.25) is 4.79 Å². The second-order valence-electron chi connectivity index (χ2n) is 1.57. The molecule has 0 amide bonds. The summed E-state index contributed by atoms with van der Waals surface area (Å²) in [6.45, 7) is 6.19. The molecule has 2 nitrogen and oxygen atoms in total. The van der Waals surface area contributed by atoms with Crippen molar-refractivity contribution in [3.8, 4) is 0 Å². The summed E-state index contributed by atoms with van der Waals surface area (Å²) in [5.74, 6) is 0. The normalized spacial score (nSPS) is 9.44. The predicted molar refractivity (Wildman–Crippen MR) is 36.0 cm³/mol. The van der Waals surface area contributed by atoms with Crippen molar-refractivity contribution in [1.82, 2.24) is 0 Å². The van der Waals surface area contributed by atoms with Crippen molar-refractivity contribution in [3.63, 3.8) is 0 Å². The molecule has 0 saturated carbocycles. The molecule has 50 valence electrons. The van der Waals surface area contributed by atoms with Gasteiger partial charge in [0.05, 0.1) is 0 Å². The molecule has 0 radical (unpaired) electrons. The monoisotopic (exact) mass is 126 g/mol. The van der Waals surface area contributed by atoms with E-state index in [1.54, 1.807) is 6.08 Å². The molecule has 0 aromatic carbocycles. The molecule has 9 heavy (non-hydrogen) atoms. The maximum absolute atomic E-state index is 9.63. The molecular formula is C7H10O2. The molecule has 2 heteroatoms. The third kappa shape index (κ3) is 4.81. The Morgan fingerprint density at radius 3 is 2.89 bits per heavy atom. The Kier molecular flexibility index (Phi) is 4.50. The highest BCUT2D eigenvalue weighted by Crippen LogP contribution is 1.91. The van der Waals surface area contributed by atoms with Crippen molar-refractivity contribution in [3.05, 3.63) is 24.3 Å². The topological polar surface area (TPSA) is 26.3 Å². The average Bonchev–Trinajstić information content (AvgIpc) is 1.85. The molecule has 0 aromatic heterocycles. The van der Waals surface area contributed by atoms with Gasteiger partial charge >= 0.3 is 0 Å². The lowest BCUT2D eigenvalue weighted by molar-refractivity contribution is -0.127. The van der Waals surface area contributed by atoms with Crippen LogP contribution in [0.1, 0.15) is 6.92 Å². The van der Waals surface area contributed by atoms with Gasteiger partial charge in [-0.15, -0.1) is 0 Å². The molecule has 0 fully saturated rings. The number of ether oxygens (including phenoxy) is 1. The predicted octanol–water partition coefficient (Wildman–Crippen LogP) is 1.29. The van der Waals surface area contributed by atoms with Crippen LogP contribution in [0.5, 0.6) is 0 Å². The van der Waals surface area contributed by atoms with Crippen molar-refractivity contribution in [2.75, 3.05) is 6.61 Å². The molecule has 0 aromatic rings. The second kappa shape index (κ2) is 5.09. The molecule has 0 spiro atoms. The van der Waals surface area contributed by atoms with Crippen LogP contribution in [0.2, 0.25) is 0 Å². The van der Waals surface area contributed by atoms with E-state index in [9.17, 15) is 4.79 Å². The Morgan fingerprint density at radius 2 is 2.44 bits per heavy atom. The van der Waals surface area contributed by atoms with E-state index in [4.69, 9.17) is 0 Å². The second-order valence-corrected chi connectivity index (χ2v) is 1.57. The minimum Gasteiger partial charge on any atom is -0.463 e. The first-order chi connectivity index (χ1) is 4.31. The van der Waals surface area contributed by atoms with Crippen LogP contribution < -0.4 is 0 Å². The SMILES string of the molecule is C=C(/C=C\C)COC=O. The van der Waals surface area contributed by atoms with Gasteiger partial charge in [-0.2, -0.15) is 0 Å². The summed E-state index contributed by atoms with van der Waals surface area (Å²) in [6.07, 6.45) is 3.64. The van der Waals surface area contributed by atoms with Crippen molar-refractivity contribution in [2.45, 2.75) is 6.92 Å². The molecule has 0 aliphatic heterocycles. The van der Waals surface area contributed by atoms with Crippen molar-refractivity contribution < 1.29 is 9.53 Å². The van der Waals surface area contributed by atoms with Gasteiger partial charge in [-0.05, 0) is 12.5 Å². The summed E-state index contributed by atoms with van der Waals surface area (Å²) < 4.78 is 4.42. The van der Waals surface area contributed by atoms with Crippen LogP contribution in [0.3, 0.4) is 0 Å². The highest BCUT2D eigenvalue weighted by Gasteiger charge is 1.84.